The van der Waals surface area contributed by atoms with Crippen molar-refractivity contribution in [2.75, 3.05) is 20.3 Å². The second-order valence-corrected chi connectivity index (χ2v) is 7.82. The first-order valence-corrected chi connectivity index (χ1v) is 10.3. The van der Waals surface area contributed by atoms with Crippen molar-refractivity contribution in [3.8, 4) is 0 Å². The van der Waals surface area contributed by atoms with E-state index in [9.17, 15) is 9.59 Å². The third kappa shape index (κ3) is 4.04. The Hall–Kier alpha value is -3.78. The van der Waals surface area contributed by atoms with Crippen LogP contribution >= 0.6 is 0 Å². The summed E-state index contributed by atoms with van der Waals surface area (Å²) in [6.45, 7) is 4.87. The van der Waals surface area contributed by atoms with Crippen molar-refractivity contribution in [1.29, 1.82) is 5.41 Å². The van der Waals surface area contributed by atoms with Crippen LogP contribution in [-0.4, -0.2) is 40.1 Å². The van der Waals surface area contributed by atoms with E-state index < -0.39 is 5.91 Å². The fourth-order valence-corrected chi connectivity index (χ4v) is 3.61. The van der Waals surface area contributed by atoms with E-state index in [4.69, 9.17) is 10.1 Å². The number of aryl methyl sites for hydroxylation is 2. The highest BCUT2D eigenvalue weighted by atomic mass is 16.5. The topological polar surface area (TPSA) is 101 Å². The quantitative estimate of drug-likeness (QED) is 0.361. The van der Waals surface area contributed by atoms with Gasteiger partial charge in [-0.2, -0.15) is 0 Å². The highest BCUT2D eigenvalue weighted by Crippen LogP contribution is 2.13. The number of methoxy groups -OCH3 is 1. The summed E-state index contributed by atoms with van der Waals surface area (Å²) in [5.74, 6) is -0.430. The number of nitrogens with one attached hydrogen (secondary N) is 2. The van der Waals surface area contributed by atoms with Crippen molar-refractivity contribution in [2.45, 2.75) is 20.4 Å². The van der Waals surface area contributed by atoms with Gasteiger partial charge in [0, 0.05) is 19.9 Å². The van der Waals surface area contributed by atoms with E-state index in [1.807, 2.05) is 44.2 Å². The Morgan fingerprint density at radius 3 is 2.56 bits per heavy atom. The van der Waals surface area contributed by atoms with Gasteiger partial charge in [0.05, 0.1) is 24.1 Å². The molecule has 2 N–H and O–H groups in total. The summed E-state index contributed by atoms with van der Waals surface area (Å²) in [7, 11) is 1.55. The van der Waals surface area contributed by atoms with Crippen LogP contribution in [-0.2, 0) is 11.3 Å². The molecule has 8 heteroatoms. The molecule has 1 aromatic carbocycles. The van der Waals surface area contributed by atoms with Crippen LogP contribution in [0.15, 0.2) is 53.5 Å². The summed E-state index contributed by atoms with van der Waals surface area (Å²) in [6, 6.07) is 13.0. The van der Waals surface area contributed by atoms with Crippen LogP contribution in [0.2, 0.25) is 0 Å². The second-order valence-electron chi connectivity index (χ2n) is 7.82. The molecule has 1 amide bonds. The van der Waals surface area contributed by atoms with E-state index in [0.717, 1.165) is 16.7 Å². The highest BCUT2D eigenvalue weighted by molar-refractivity contribution is 5.96. The van der Waals surface area contributed by atoms with Crippen molar-refractivity contribution in [2.24, 2.45) is 0 Å². The Morgan fingerprint density at radius 2 is 1.84 bits per heavy atom. The molecule has 0 fully saturated rings. The number of fused-ring (bicyclic) bond motifs is 2. The zero-order chi connectivity index (χ0) is 22.8. The van der Waals surface area contributed by atoms with Crippen molar-refractivity contribution in [3.05, 3.63) is 86.8 Å². The lowest BCUT2D eigenvalue weighted by Crippen LogP contribution is -2.36. The van der Waals surface area contributed by atoms with Crippen molar-refractivity contribution in [3.63, 3.8) is 0 Å². The zero-order valence-electron chi connectivity index (χ0n) is 18.3. The molecule has 0 spiro atoms. The van der Waals surface area contributed by atoms with Crippen LogP contribution in [0.5, 0.6) is 0 Å². The van der Waals surface area contributed by atoms with Gasteiger partial charge in [0.25, 0.3) is 11.5 Å². The van der Waals surface area contributed by atoms with Gasteiger partial charge in [-0.3, -0.25) is 19.4 Å². The molecule has 164 valence electrons. The van der Waals surface area contributed by atoms with E-state index in [-0.39, 0.29) is 22.0 Å². The minimum atomic E-state index is -0.430. The number of ether oxygens (including phenoxy) is 1. The monoisotopic (exact) mass is 431 g/mol. The summed E-state index contributed by atoms with van der Waals surface area (Å²) in [5.41, 5.74) is 3.68. The smallest absolute Gasteiger partial charge is 0.267 e. The number of carbonyl (C=O) groups excluding carboxylic acids is 1. The molecule has 0 aliphatic heterocycles. The highest BCUT2D eigenvalue weighted by Gasteiger charge is 2.17. The van der Waals surface area contributed by atoms with Crippen LogP contribution < -0.4 is 16.4 Å². The molecule has 0 bridgehead atoms. The van der Waals surface area contributed by atoms with Gasteiger partial charge < -0.3 is 14.6 Å². The number of hydrogen-bond donors (Lipinski definition) is 2. The first-order chi connectivity index (χ1) is 15.4. The third-order valence-electron chi connectivity index (χ3n) is 5.35. The molecule has 0 aliphatic rings. The standard InChI is InChI=1S/C24H25N5O3/c1-15-4-7-17(8-5-15)14-29-21(25)18(23(30)26-10-11-32-3)12-19-22(29)27-20-9-6-16(2)13-28(20)24(19)31/h4-9,12-13,25H,10-11,14H2,1-3H3,(H,26,30). The molecule has 32 heavy (non-hydrogen) atoms. The van der Waals surface area contributed by atoms with Gasteiger partial charge in [0.1, 0.15) is 16.8 Å². The minimum absolute atomic E-state index is 0.00338. The average molecular weight is 431 g/mol. The van der Waals surface area contributed by atoms with E-state index in [0.29, 0.717) is 31.0 Å². The second kappa shape index (κ2) is 8.76. The fraction of sp³-hybridized carbons (Fsp3) is 0.250. The van der Waals surface area contributed by atoms with Crippen LogP contribution in [0.1, 0.15) is 27.0 Å². The van der Waals surface area contributed by atoms with Gasteiger partial charge in [-0.15, -0.1) is 0 Å². The van der Waals surface area contributed by atoms with E-state index >= 15 is 0 Å². The maximum absolute atomic E-state index is 13.3. The predicted molar refractivity (Wildman–Crippen MR) is 122 cm³/mol. The van der Waals surface area contributed by atoms with Crippen molar-refractivity contribution < 1.29 is 9.53 Å². The van der Waals surface area contributed by atoms with E-state index in [2.05, 4.69) is 10.3 Å². The number of amides is 1. The molecular formula is C24H25N5O3. The molecule has 0 saturated heterocycles. The SMILES string of the molecule is COCCNC(=O)c1cc2c(=O)n3cc(C)ccc3nc2n(Cc2ccc(C)cc2)c1=N. The number of carbonyl (C=O) groups is 1. The number of nitrogens with zero attached hydrogens (tertiary/aromatic N) is 3. The lowest BCUT2D eigenvalue weighted by molar-refractivity contribution is 0.0934. The summed E-state index contributed by atoms with van der Waals surface area (Å²) in [4.78, 5) is 30.8. The average Bonchev–Trinajstić information content (AvgIpc) is 2.78. The Morgan fingerprint density at radius 1 is 1.12 bits per heavy atom. The molecule has 8 nitrogen and oxygen atoms in total. The van der Waals surface area contributed by atoms with Gasteiger partial charge in [-0.1, -0.05) is 35.9 Å². The Balaban J connectivity index is 1.97. The van der Waals surface area contributed by atoms with Gasteiger partial charge in [0.15, 0.2) is 0 Å². The number of pyridine rings is 2. The maximum Gasteiger partial charge on any atom is 0.267 e. The molecule has 3 aromatic heterocycles. The summed E-state index contributed by atoms with van der Waals surface area (Å²) in [5, 5.41) is 11.8. The Kier molecular flexibility index (Phi) is 5.87. The van der Waals surface area contributed by atoms with E-state index in [1.165, 1.54) is 10.5 Å². The van der Waals surface area contributed by atoms with Gasteiger partial charge in [0.2, 0.25) is 0 Å². The van der Waals surface area contributed by atoms with Gasteiger partial charge in [-0.25, -0.2) is 4.98 Å². The molecule has 0 atom stereocenters. The molecule has 3 heterocycles. The minimum Gasteiger partial charge on any atom is -0.383 e. The number of hydrogen-bond acceptors (Lipinski definition) is 5. The van der Waals surface area contributed by atoms with Crippen LogP contribution in [0, 0.1) is 19.3 Å². The molecule has 0 saturated carbocycles. The van der Waals surface area contributed by atoms with Gasteiger partial charge in [-0.05, 0) is 37.1 Å². The summed E-state index contributed by atoms with van der Waals surface area (Å²) in [6.07, 6.45) is 1.72. The maximum atomic E-state index is 13.3. The summed E-state index contributed by atoms with van der Waals surface area (Å²) < 4.78 is 8.08. The molecule has 4 rings (SSSR count). The zero-order valence-corrected chi connectivity index (χ0v) is 18.3. The molecular weight excluding hydrogens is 406 g/mol. The fourth-order valence-electron chi connectivity index (χ4n) is 3.61. The summed E-state index contributed by atoms with van der Waals surface area (Å²) >= 11 is 0. The lowest BCUT2D eigenvalue weighted by Gasteiger charge is -2.15. The molecule has 0 radical (unpaired) electrons. The van der Waals surface area contributed by atoms with E-state index in [1.54, 1.807) is 23.9 Å². The normalized spacial score (nSPS) is 11.2. The third-order valence-corrected chi connectivity index (χ3v) is 5.35. The lowest BCUT2D eigenvalue weighted by atomic mass is 10.1. The van der Waals surface area contributed by atoms with Crippen LogP contribution in [0.25, 0.3) is 16.7 Å². The molecule has 0 aliphatic carbocycles. The van der Waals surface area contributed by atoms with Crippen molar-refractivity contribution in [1.82, 2.24) is 19.3 Å². The number of benzene rings is 1. The first-order valence-electron chi connectivity index (χ1n) is 10.3. The first kappa shape index (κ1) is 21.5. The molecule has 0 unspecified atom stereocenters. The van der Waals surface area contributed by atoms with Crippen LogP contribution in [0.3, 0.4) is 0 Å². The van der Waals surface area contributed by atoms with Gasteiger partial charge >= 0.3 is 0 Å². The van der Waals surface area contributed by atoms with Crippen molar-refractivity contribution >= 4 is 22.6 Å². The van der Waals surface area contributed by atoms with Crippen LogP contribution in [0.4, 0.5) is 0 Å². The largest absolute Gasteiger partial charge is 0.383 e. The Bertz CT molecular complexity index is 1440. The Labute approximate surface area is 184 Å². The number of aromatic nitrogens is 3. The predicted octanol–water partition coefficient (Wildman–Crippen LogP) is 2.17. The molecule has 4 aromatic rings. The number of rotatable bonds is 6.